The molecule has 3 aliphatic rings. The molecule has 3 aliphatic heterocycles. The molecule has 272 valence electrons. The van der Waals surface area contributed by atoms with E-state index in [4.69, 9.17) is 19.7 Å². The molecule has 7 rings (SSSR count). The second-order valence-corrected chi connectivity index (χ2v) is 13.2. The van der Waals surface area contributed by atoms with Gasteiger partial charge in [-0.1, -0.05) is 6.07 Å². The van der Waals surface area contributed by atoms with Crippen molar-refractivity contribution in [3.63, 3.8) is 0 Å². The molecule has 0 bridgehead atoms. The predicted molar refractivity (Wildman–Crippen MR) is 186 cm³/mol. The van der Waals surface area contributed by atoms with Gasteiger partial charge >= 0.3 is 6.03 Å². The minimum Gasteiger partial charge on any atom is -0.488 e. The second kappa shape index (κ2) is 14.3. The first kappa shape index (κ1) is 34.9. The van der Waals surface area contributed by atoms with Gasteiger partial charge in [-0.25, -0.2) is 23.2 Å². The Morgan fingerprint density at radius 2 is 1.67 bits per heavy atom. The summed E-state index contributed by atoms with van der Waals surface area (Å²) in [6.45, 7) is 6.64. The number of β-amino-alcohol motifs (C(OH)–C–C–N with tert-alkyl or cyclic N) is 1. The molecule has 3 aromatic carbocycles. The smallest absolute Gasteiger partial charge is 0.327 e. The minimum atomic E-state index is -1.96. The van der Waals surface area contributed by atoms with Gasteiger partial charge in [-0.15, -0.1) is 0 Å². The predicted octanol–water partition coefficient (Wildman–Crippen LogP) is 4.84. The van der Waals surface area contributed by atoms with Crippen molar-refractivity contribution in [2.24, 2.45) is 5.11 Å². The molecule has 3 saturated heterocycles. The molecule has 15 nitrogen and oxygen atoms in total. The molecular formula is C35H38F2N10O5. The maximum atomic E-state index is 14.9. The van der Waals surface area contributed by atoms with E-state index in [1.165, 1.54) is 39.3 Å². The van der Waals surface area contributed by atoms with Crippen molar-refractivity contribution in [3.05, 3.63) is 107 Å². The van der Waals surface area contributed by atoms with Crippen LogP contribution in [0.25, 0.3) is 10.4 Å². The largest absolute Gasteiger partial charge is 0.488 e. The summed E-state index contributed by atoms with van der Waals surface area (Å²) in [7, 11) is 0. The van der Waals surface area contributed by atoms with Gasteiger partial charge in [-0.3, -0.25) is 9.80 Å². The molecule has 1 N–H and O–H groups in total. The van der Waals surface area contributed by atoms with Gasteiger partial charge in [-0.2, -0.15) is 5.10 Å². The van der Waals surface area contributed by atoms with Gasteiger partial charge in [0.15, 0.2) is 6.29 Å². The zero-order valence-corrected chi connectivity index (χ0v) is 28.6. The average Bonchev–Trinajstić information content (AvgIpc) is 3.86. The van der Waals surface area contributed by atoms with Crippen molar-refractivity contribution in [2.45, 2.75) is 44.2 Å². The average molecular weight is 717 g/mol. The molecule has 17 heteroatoms. The number of carbonyl (C=O) groups is 1. The molecule has 3 atom stereocenters. The second-order valence-electron chi connectivity index (χ2n) is 13.2. The Hall–Kier alpha value is -5.48. The van der Waals surface area contributed by atoms with Crippen LogP contribution in [0.3, 0.4) is 0 Å². The van der Waals surface area contributed by atoms with Gasteiger partial charge in [0.2, 0.25) is 5.85 Å². The number of azide groups is 1. The fraction of sp³-hybridized carbons (Fsp3) is 0.400. The zero-order valence-electron chi connectivity index (χ0n) is 28.6. The topological polar surface area (TPSA) is 157 Å². The number of aromatic nitrogens is 3. The number of ether oxygens (including phenoxy) is 3. The number of anilines is 3. The first-order valence-corrected chi connectivity index (χ1v) is 16.9. The Morgan fingerprint density at radius 3 is 2.27 bits per heavy atom. The molecule has 3 fully saturated rings. The van der Waals surface area contributed by atoms with Crippen LogP contribution in [0.4, 0.5) is 30.6 Å². The highest BCUT2D eigenvalue weighted by atomic mass is 19.1. The number of hydrogen-bond acceptors (Lipinski definition) is 10. The third-order valence-corrected chi connectivity index (χ3v) is 9.47. The van der Waals surface area contributed by atoms with Crippen molar-refractivity contribution in [3.8, 4) is 5.75 Å². The molecule has 2 amide bonds. The molecule has 52 heavy (non-hydrogen) atoms. The van der Waals surface area contributed by atoms with Crippen molar-refractivity contribution < 1.29 is 32.9 Å². The van der Waals surface area contributed by atoms with Gasteiger partial charge in [0.1, 0.15) is 42.2 Å². The van der Waals surface area contributed by atoms with Crippen molar-refractivity contribution in [1.82, 2.24) is 19.7 Å². The van der Waals surface area contributed by atoms with Crippen LogP contribution in [0, 0.1) is 11.6 Å². The quantitative estimate of drug-likeness (QED) is 0.130. The van der Waals surface area contributed by atoms with E-state index in [9.17, 15) is 18.7 Å². The van der Waals surface area contributed by atoms with Crippen molar-refractivity contribution in [2.75, 3.05) is 60.6 Å². The highest BCUT2D eigenvalue weighted by Crippen LogP contribution is 2.38. The summed E-state index contributed by atoms with van der Waals surface area (Å²) in [5, 5.41) is 18.5. The zero-order chi connectivity index (χ0) is 36.5. The third kappa shape index (κ3) is 6.90. The maximum absolute atomic E-state index is 14.9. The number of halogens is 2. The standard InChI is InChI=1S/C35H38F2N10O5/c1-24(2)47-33(48)46(20-35(47,49)41-42-38)28-6-4-26(5-7-28)43-13-15-44(16-14-43)27-8-10-29(11-9-27)50-18-32-51-21-34(52-32,19-45-23-39-22-40-45)30-12-3-25(36)17-31(30)37/h3-12,17,22-24,32,49H,13-16,18-21H2,1-2H3/t32-,34+,35?/m0/s1. The highest BCUT2D eigenvalue weighted by molar-refractivity contribution is 5.95. The van der Waals surface area contributed by atoms with Crippen LogP contribution in [0.5, 0.6) is 5.75 Å². The Morgan fingerprint density at radius 1 is 1.02 bits per heavy atom. The van der Waals surface area contributed by atoms with E-state index in [-0.39, 0.29) is 37.9 Å². The van der Waals surface area contributed by atoms with Crippen molar-refractivity contribution in [1.29, 1.82) is 0 Å². The summed E-state index contributed by atoms with van der Waals surface area (Å²) >= 11 is 0. The lowest BCUT2D eigenvalue weighted by Crippen LogP contribution is -2.48. The highest BCUT2D eigenvalue weighted by Gasteiger charge is 2.50. The molecule has 1 aromatic heterocycles. The number of nitrogens with zero attached hydrogens (tertiary/aromatic N) is 10. The van der Waals surface area contributed by atoms with Crippen LogP contribution >= 0.6 is 0 Å². The number of urea groups is 1. The summed E-state index contributed by atoms with van der Waals surface area (Å²) in [4.78, 5) is 27.0. The number of rotatable bonds is 11. The molecule has 0 aliphatic carbocycles. The first-order valence-electron chi connectivity index (χ1n) is 16.9. The maximum Gasteiger partial charge on any atom is 0.327 e. The number of hydrogen-bond donors (Lipinski definition) is 1. The first-order chi connectivity index (χ1) is 25.1. The van der Waals surface area contributed by atoms with E-state index < -0.39 is 35.4 Å². The lowest BCUT2D eigenvalue weighted by Gasteiger charge is -2.37. The Balaban J connectivity index is 0.922. The number of benzene rings is 3. The van der Waals surface area contributed by atoms with Gasteiger partial charge in [0, 0.05) is 65.8 Å². The summed E-state index contributed by atoms with van der Waals surface area (Å²) < 4.78 is 48.2. The number of carbonyl (C=O) groups excluding carboxylic acids is 1. The van der Waals surface area contributed by atoms with Gasteiger partial charge < -0.3 is 29.1 Å². The van der Waals surface area contributed by atoms with Crippen LogP contribution < -0.4 is 19.4 Å². The van der Waals surface area contributed by atoms with E-state index in [0.717, 1.165) is 43.6 Å². The Labute approximate surface area is 298 Å². The minimum absolute atomic E-state index is 0.0108. The lowest BCUT2D eigenvalue weighted by atomic mass is 9.94. The number of amides is 2. The molecule has 1 unspecified atom stereocenters. The third-order valence-electron chi connectivity index (χ3n) is 9.47. The summed E-state index contributed by atoms with van der Waals surface area (Å²) in [6.07, 6.45) is 2.06. The number of piperazine rings is 1. The molecular weight excluding hydrogens is 678 g/mol. The summed E-state index contributed by atoms with van der Waals surface area (Å²) in [5.74, 6) is -2.77. The van der Waals surface area contributed by atoms with Crippen molar-refractivity contribution >= 4 is 23.1 Å². The fourth-order valence-electron chi connectivity index (χ4n) is 6.98. The molecule has 4 aromatic rings. The van der Waals surface area contributed by atoms with E-state index in [2.05, 4.69) is 29.9 Å². The Bertz CT molecular complexity index is 1920. The molecule has 0 saturated carbocycles. The van der Waals surface area contributed by atoms with Gasteiger partial charge in [-0.05, 0) is 79.1 Å². The van der Waals surface area contributed by atoms with Crippen LogP contribution in [-0.2, 0) is 21.6 Å². The van der Waals surface area contributed by atoms with Gasteiger partial charge in [0.25, 0.3) is 0 Å². The van der Waals surface area contributed by atoms with Crippen LogP contribution in [0.2, 0.25) is 0 Å². The normalized spacial score (nSPS) is 23.4. The summed E-state index contributed by atoms with van der Waals surface area (Å²) in [5.41, 5.74) is 10.5. The molecule has 0 radical (unpaired) electrons. The van der Waals surface area contributed by atoms with E-state index in [1.807, 2.05) is 48.5 Å². The lowest BCUT2D eigenvalue weighted by molar-refractivity contribution is -0.117. The van der Waals surface area contributed by atoms with E-state index in [1.54, 1.807) is 13.8 Å². The van der Waals surface area contributed by atoms with Gasteiger partial charge in [0.05, 0.1) is 19.7 Å². The fourth-order valence-corrected chi connectivity index (χ4v) is 6.98. The van der Waals surface area contributed by atoms with E-state index in [0.29, 0.717) is 11.4 Å². The molecule has 0 spiro atoms. The SMILES string of the molecule is CC(C)N1C(=O)N(c2ccc(N3CCN(c4ccc(OC[C@H]5OC[C@](Cn6cncn6)(c6ccc(F)cc6F)O5)cc4)CC3)cc2)CC1(O)N=[N+]=[N-]. The van der Waals surface area contributed by atoms with Crippen LogP contribution in [-0.4, -0.2) is 94.9 Å². The monoisotopic (exact) mass is 716 g/mol. The Kier molecular flexibility index (Phi) is 9.59. The van der Waals surface area contributed by atoms with E-state index >= 15 is 0 Å². The summed E-state index contributed by atoms with van der Waals surface area (Å²) in [6, 6.07) is 17.9. The number of aliphatic hydroxyl groups is 1. The van der Waals surface area contributed by atoms with Crippen LogP contribution in [0.15, 0.2) is 84.5 Å². The van der Waals surface area contributed by atoms with Crippen LogP contribution in [0.1, 0.15) is 19.4 Å². The molecule has 4 heterocycles.